The Labute approximate surface area is 129 Å². The summed E-state index contributed by atoms with van der Waals surface area (Å²) in [6.07, 6.45) is 2.29. The van der Waals surface area contributed by atoms with E-state index in [0.717, 1.165) is 12.8 Å². The molecule has 1 N–H and O–H groups in total. The average molecular weight is 306 g/mol. The summed E-state index contributed by atoms with van der Waals surface area (Å²) in [7, 11) is 0. The van der Waals surface area contributed by atoms with Crippen LogP contribution in [0.25, 0.3) is 0 Å². The third-order valence-corrected chi connectivity index (χ3v) is 4.41. The Balaban J connectivity index is 2.28. The summed E-state index contributed by atoms with van der Waals surface area (Å²) in [6.45, 7) is 4.38. The smallest absolute Gasteiger partial charge is 0.273 e. The number of hydrogen-bond acceptors (Lipinski definition) is 4. The number of amides is 1. The number of aliphatic hydroxyl groups excluding tert-OH is 1. The van der Waals surface area contributed by atoms with Crippen LogP contribution >= 0.6 is 0 Å². The van der Waals surface area contributed by atoms with Gasteiger partial charge in [-0.3, -0.25) is 14.9 Å². The van der Waals surface area contributed by atoms with Gasteiger partial charge in [-0.25, -0.2) is 0 Å². The summed E-state index contributed by atoms with van der Waals surface area (Å²) < 4.78 is 0. The highest BCUT2D eigenvalue weighted by molar-refractivity contribution is 5.95. The number of nitro benzene ring substituents is 1. The van der Waals surface area contributed by atoms with Gasteiger partial charge in [0.05, 0.1) is 4.92 Å². The molecule has 1 amide bonds. The molecule has 1 aliphatic rings. The van der Waals surface area contributed by atoms with E-state index in [1.54, 1.807) is 17.0 Å². The first-order valence-corrected chi connectivity index (χ1v) is 7.67. The Morgan fingerprint density at radius 2 is 2.18 bits per heavy atom. The van der Waals surface area contributed by atoms with E-state index in [1.807, 2.05) is 13.8 Å². The second kappa shape index (κ2) is 6.87. The summed E-state index contributed by atoms with van der Waals surface area (Å²) in [5.41, 5.74) is 0.965. The van der Waals surface area contributed by atoms with Gasteiger partial charge in [0.25, 0.3) is 11.6 Å². The number of piperidine rings is 1. The fourth-order valence-corrected chi connectivity index (χ4v) is 2.95. The molecule has 1 aromatic carbocycles. The highest BCUT2D eigenvalue weighted by Gasteiger charge is 2.30. The van der Waals surface area contributed by atoms with Gasteiger partial charge in [0, 0.05) is 36.4 Å². The van der Waals surface area contributed by atoms with Gasteiger partial charge in [-0.05, 0) is 38.2 Å². The van der Waals surface area contributed by atoms with Crippen LogP contribution in [0.3, 0.4) is 0 Å². The van der Waals surface area contributed by atoms with E-state index in [4.69, 9.17) is 0 Å². The summed E-state index contributed by atoms with van der Waals surface area (Å²) >= 11 is 0. The maximum absolute atomic E-state index is 12.7. The molecule has 22 heavy (non-hydrogen) atoms. The summed E-state index contributed by atoms with van der Waals surface area (Å²) in [5.74, 6) is -0.110. The van der Waals surface area contributed by atoms with Crippen LogP contribution in [-0.2, 0) is 6.42 Å². The molecule has 0 bridgehead atoms. The van der Waals surface area contributed by atoms with Gasteiger partial charge in [0.1, 0.15) is 0 Å². The molecule has 0 saturated carbocycles. The molecule has 6 nitrogen and oxygen atoms in total. The van der Waals surface area contributed by atoms with E-state index in [1.165, 1.54) is 6.07 Å². The number of hydrogen-bond donors (Lipinski definition) is 1. The summed E-state index contributed by atoms with van der Waals surface area (Å²) in [4.78, 5) is 25.1. The quantitative estimate of drug-likeness (QED) is 0.684. The number of aliphatic hydroxyl groups is 1. The number of rotatable bonds is 4. The Bertz CT molecular complexity index is 573. The second-order valence-electron chi connectivity index (χ2n) is 5.89. The first-order valence-electron chi connectivity index (χ1n) is 7.67. The minimum atomic E-state index is -0.439. The van der Waals surface area contributed by atoms with E-state index in [0.29, 0.717) is 24.1 Å². The number of likely N-dealkylation sites (tertiary alicyclic amines) is 1. The molecule has 2 atom stereocenters. The Morgan fingerprint density at radius 1 is 1.45 bits per heavy atom. The number of aryl methyl sites for hydroxylation is 1. The minimum Gasteiger partial charge on any atom is -0.396 e. The van der Waals surface area contributed by atoms with Gasteiger partial charge in [-0.15, -0.1) is 0 Å². The standard InChI is InChI=1S/C16H22N2O4/c1-3-13-6-7-14(8-15(13)18(21)22)16(20)17-9-12(10-19)5-4-11(17)2/h6-8,11-12,19H,3-5,9-10H2,1-2H3. The van der Waals surface area contributed by atoms with E-state index < -0.39 is 4.92 Å². The zero-order valence-corrected chi connectivity index (χ0v) is 13.0. The Kier molecular flexibility index (Phi) is 5.13. The minimum absolute atomic E-state index is 0.00304. The predicted molar refractivity (Wildman–Crippen MR) is 82.8 cm³/mol. The van der Waals surface area contributed by atoms with Crippen LogP contribution < -0.4 is 0 Å². The van der Waals surface area contributed by atoms with Crippen molar-refractivity contribution < 1.29 is 14.8 Å². The molecule has 0 radical (unpaired) electrons. The molecule has 120 valence electrons. The van der Waals surface area contributed by atoms with E-state index in [9.17, 15) is 20.0 Å². The van der Waals surface area contributed by atoms with E-state index in [-0.39, 0.29) is 30.2 Å². The molecule has 0 aliphatic carbocycles. The number of nitrogens with zero attached hydrogens (tertiary/aromatic N) is 2. The normalized spacial score (nSPS) is 21.7. The van der Waals surface area contributed by atoms with Crippen molar-refractivity contribution in [3.63, 3.8) is 0 Å². The SMILES string of the molecule is CCc1ccc(C(=O)N2CC(CO)CCC2C)cc1[N+](=O)[O-]. The van der Waals surface area contributed by atoms with E-state index in [2.05, 4.69) is 0 Å². The molecule has 1 aromatic rings. The van der Waals surface area contributed by atoms with Crippen LogP contribution in [0.5, 0.6) is 0 Å². The van der Waals surface area contributed by atoms with Crippen molar-refractivity contribution in [2.24, 2.45) is 5.92 Å². The predicted octanol–water partition coefficient (Wildman–Crippen LogP) is 2.39. The van der Waals surface area contributed by atoms with Crippen molar-refractivity contribution in [2.75, 3.05) is 13.2 Å². The highest BCUT2D eigenvalue weighted by Crippen LogP contribution is 2.26. The fraction of sp³-hybridized carbons (Fsp3) is 0.562. The molecule has 0 spiro atoms. The molecule has 1 aliphatic heterocycles. The average Bonchev–Trinajstić information content (AvgIpc) is 2.54. The third kappa shape index (κ3) is 3.27. The monoisotopic (exact) mass is 306 g/mol. The van der Waals surface area contributed by atoms with Crippen molar-refractivity contribution in [2.45, 2.75) is 39.2 Å². The number of nitro groups is 1. The van der Waals surface area contributed by atoms with Gasteiger partial charge in [-0.1, -0.05) is 13.0 Å². The van der Waals surface area contributed by atoms with Crippen molar-refractivity contribution in [1.29, 1.82) is 0 Å². The number of carbonyl (C=O) groups excluding carboxylic acids is 1. The maximum Gasteiger partial charge on any atom is 0.273 e. The van der Waals surface area contributed by atoms with Crippen molar-refractivity contribution in [3.05, 3.63) is 39.4 Å². The van der Waals surface area contributed by atoms with Crippen molar-refractivity contribution >= 4 is 11.6 Å². The summed E-state index contributed by atoms with van der Waals surface area (Å²) in [6, 6.07) is 4.77. The first-order chi connectivity index (χ1) is 10.5. The van der Waals surface area contributed by atoms with Crippen LogP contribution in [0.15, 0.2) is 18.2 Å². The zero-order chi connectivity index (χ0) is 16.3. The molecular formula is C16H22N2O4. The zero-order valence-electron chi connectivity index (χ0n) is 13.0. The van der Waals surface area contributed by atoms with Crippen LogP contribution in [0.2, 0.25) is 0 Å². The largest absolute Gasteiger partial charge is 0.396 e. The Hall–Kier alpha value is -1.95. The van der Waals surface area contributed by atoms with Crippen LogP contribution in [0, 0.1) is 16.0 Å². The second-order valence-corrected chi connectivity index (χ2v) is 5.89. The van der Waals surface area contributed by atoms with Crippen LogP contribution in [0.1, 0.15) is 42.6 Å². The third-order valence-electron chi connectivity index (χ3n) is 4.41. The van der Waals surface area contributed by atoms with E-state index >= 15 is 0 Å². The molecule has 1 saturated heterocycles. The van der Waals surface area contributed by atoms with Gasteiger partial charge in [0.15, 0.2) is 0 Å². The van der Waals surface area contributed by atoms with Crippen molar-refractivity contribution in [3.8, 4) is 0 Å². The fourth-order valence-electron chi connectivity index (χ4n) is 2.95. The highest BCUT2D eigenvalue weighted by atomic mass is 16.6. The molecule has 1 fully saturated rings. The van der Waals surface area contributed by atoms with Crippen LogP contribution in [-0.4, -0.2) is 40.0 Å². The van der Waals surface area contributed by atoms with Gasteiger partial charge in [-0.2, -0.15) is 0 Å². The molecule has 0 aromatic heterocycles. The molecular weight excluding hydrogens is 284 g/mol. The topological polar surface area (TPSA) is 83.7 Å². The lowest BCUT2D eigenvalue weighted by Gasteiger charge is -2.37. The number of benzene rings is 1. The Morgan fingerprint density at radius 3 is 2.77 bits per heavy atom. The molecule has 2 rings (SSSR count). The lowest BCUT2D eigenvalue weighted by atomic mass is 9.93. The number of carbonyl (C=O) groups is 1. The van der Waals surface area contributed by atoms with Crippen molar-refractivity contribution in [1.82, 2.24) is 4.90 Å². The first kappa shape index (κ1) is 16.4. The lowest BCUT2D eigenvalue weighted by molar-refractivity contribution is -0.385. The molecule has 2 unspecified atom stereocenters. The molecule has 1 heterocycles. The van der Waals surface area contributed by atoms with Crippen LogP contribution in [0.4, 0.5) is 5.69 Å². The van der Waals surface area contributed by atoms with Gasteiger partial charge >= 0.3 is 0 Å². The van der Waals surface area contributed by atoms with Gasteiger partial charge in [0.2, 0.25) is 0 Å². The maximum atomic E-state index is 12.7. The molecule has 6 heteroatoms. The summed E-state index contributed by atoms with van der Waals surface area (Å²) in [5, 5.41) is 20.4. The van der Waals surface area contributed by atoms with Gasteiger partial charge < -0.3 is 10.0 Å². The lowest BCUT2D eigenvalue weighted by Crippen LogP contribution is -2.46.